The van der Waals surface area contributed by atoms with Gasteiger partial charge in [-0.25, -0.2) is 0 Å². The van der Waals surface area contributed by atoms with Crippen molar-refractivity contribution in [3.05, 3.63) is 36.7 Å². The van der Waals surface area contributed by atoms with Gasteiger partial charge in [0.05, 0.1) is 6.20 Å². The minimum absolute atomic E-state index is 0.546. The van der Waals surface area contributed by atoms with Gasteiger partial charge in [-0.05, 0) is 17.7 Å². The van der Waals surface area contributed by atoms with E-state index in [2.05, 4.69) is 10.2 Å². The maximum absolute atomic E-state index is 12.1. The fraction of sp³-hybridized carbons (Fsp3) is 0.100. The summed E-state index contributed by atoms with van der Waals surface area (Å²) >= 11 is 0.546. The first-order valence-corrected chi connectivity index (χ1v) is 5.18. The van der Waals surface area contributed by atoms with Crippen molar-refractivity contribution in [1.29, 1.82) is 0 Å². The van der Waals surface area contributed by atoms with Crippen LogP contribution in [0.2, 0.25) is 0 Å². The summed E-state index contributed by atoms with van der Waals surface area (Å²) in [4.78, 5) is 0.559. The molecule has 0 unspecified atom stereocenters. The van der Waals surface area contributed by atoms with Crippen molar-refractivity contribution in [2.45, 2.75) is 10.7 Å². The maximum atomic E-state index is 12.1. The summed E-state index contributed by atoms with van der Waals surface area (Å²) in [6.45, 7) is 0. The van der Waals surface area contributed by atoms with Crippen LogP contribution in [0.5, 0.6) is 0 Å². The molecule has 0 saturated heterocycles. The van der Waals surface area contributed by atoms with E-state index >= 15 is 0 Å². The Morgan fingerprint density at radius 3 is 2.80 bits per heavy atom. The summed E-state index contributed by atoms with van der Waals surface area (Å²) in [5.41, 5.74) is 1.78. The van der Waals surface area contributed by atoms with Crippen molar-refractivity contribution in [2.75, 3.05) is 0 Å². The molecule has 0 fully saturated rings. The second kappa shape index (κ2) is 4.44. The van der Waals surface area contributed by atoms with Crippen LogP contribution in [0.1, 0.15) is 0 Å². The van der Waals surface area contributed by atoms with E-state index in [0.29, 0.717) is 16.7 Å². The number of hydrogen-bond donors (Lipinski definition) is 1. The number of rotatable bonds is 3. The number of hydrogen-bond acceptors (Lipinski definition) is 2. The highest BCUT2D eigenvalue weighted by Crippen LogP contribution is 2.28. The van der Waals surface area contributed by atoms with Crippen LogP contribution in [0.15, 0.2) is 41.6 Å². The first-order chi connectivity index (χ1) is 7.25. The van der Waals surface area contributed by atoms with Crippen LogP contribution in [0.3, 0.4) is 0 Å². The Morgan fingerprint density at radius 1 is 1.27 bits per heavy atom. The summed E-state index contributed by atoms with van der Waals surface area (Å²) in [6.07, 6.45) is 3.39. The van der Waals surface area contributed by atoms with Gasteiger partial charge in [-0.3, -0.25) is 5.10 Å². The van der Waals surface area contributed by atoms with E-state index in [9.17, 15) is 8.78 Å². The summed E-state index contributed by atoms with van der Waals surface area (Å²) < 4.78 is 24.3. The first-order valence-electron chi connectivity index (χ1n) is 4.30. The molecule has 0 spiro atoms. The third-order valence-electron chi connectivity index (χ3n) is 1.89. The summed E-state index contributed by atoms with van der Waals surface area (Å²) in [6, 6.07) is 7.01. The molecular weight excluding hydrogens is 218 g/mol. The van der Waals surface area contributed by atoms with Gasteiger partial charge in [0.25, 0.3) is 5.76 Å². The zero-order valence-electron chi connectivity index (χ0n) is 7.65. The zero-order chi connectivity index (χ0) is 10.7. The highest BCUT2D eigenvalue weighted by molar-refractivity contribution is 7.99. The lowest BCUT2D eigenvalue weighted by atomic mass is 10.1. The molecule has 0 saturated carbocycles. The number of aromatic amines is 1. The van der Waals surface area contributed by atoms with Gasteiger partial charge < -0.3 is 0 Å². The molecule has 1 heterocycles. The molecule has 1 aromatic carbocycles. The number of nitrogens with one attached hydrogen (secondary N) is 1. The predicted molar refractivity (Wildman–Crippen MR) is 55.9 cm³/mol. The first kappa shape index (κ1) is 10.2. The Bertz CT molecular complexity index is 429. The molecule has 2 nitrogen and oxygen atoms in total. The van der Waals surface area contributed by atoms with Gasteiger partial charge in [0.1, 0.15) is 0 Å². The Balaban J connectivity index is 2.27. The monoisotopic (exact) mass is 226 g/mol. The molecule has 0 aliphatic carbocycles. The quantitative estimate of drug-likeness (QED) is 0.812. The summed E-state index contributed by atoms with van der Waals surface area (Å²) in [5.74, 6) is -2.38. The average Bonchev–Trinajstić information content (AvgIpc) is 2.69. The Kier molecular flexibility index (Phi) is 3.01. The largest absolute Gasteiger partial charge is 0.288 e. The van der Waals surface area contributed by atoms with E-state index in [1.807, 2.05) is 6.07 Å². The van der Waals surface area contributed by atoms with Gasteiger partial charge in [0.2, 0.25) is 0 Å². The number of benzene rings is 1. The minimum Gasteiger partial charge on any atom is -0.285 e. The van der Waals surface area contributed by atoms with Crippen LogP contribution in [-0.4, -0.2) is 16.0 Å². The molecule has 0 bridgehead atoms. The molecule has 15 heavy (non-hydrogen) atoms. The lowest BCUT2D eigenvalue weighted by Gasteiger charge is -2.02. The van der Waals surface area contributed by atoms with E-state index in [1.54, 1.807) is 30.6 Å². The predicted octanol–water partition coefficient (Wildman–Crippen LogP) is 3.39. The van der Waals surface area contributed by atoms with E-state index in [1.165, 1.54) is 0 Å². The lowest BCUT2D eigenvalue weighted by molar-refractivity contribution is 0.252. The highest BCUT2D eigenvalue weighted by atomic mass is 32.2. The van der Waals surface area contributed by atoms with Crippen LogP contribution in [0.4, 0.5) is 8.78 Å². The van der Waals surface area contributed by atoms with Gasteiger partial charge in [0, 0.05) is 16.7 Å². The van der Waals surface area contributed by atoms with Gasteiger partial charge in [-0.2, -0.15) is 13.9 Å². The summed E-state index contributed by atoms with van der Waals surface area (Å²) in [7, 11) is 0. The van der Waals surface area contributed by atoms with Crippen LogP contribution in [-0.2, 0) is 0 Å². The topological polar surface area (TPSA) is 28.7 Å². The molecule has 0 aliphatic rings. The second-order valence-electron chi connectivity index (χ2n) is 2.89. The van der Waals surface area contributed by atoms with E-state index < -0.39 is 5.76 Å². The number of aromatic nitrogens is 2. The van der Waals surface area contributed by atoms with E-state index in [4.69, 9.17) is 0 Å². The molecule has 1 aromatic heterocycles. The fourth-order valence-electron chi connectivity index (χ4n) is 1.26. The minimum atomic E-state index is -2.38. The zero-order valence-corrected chi connectivity index (χ0v) is 8.47. The lowest BCUT2D eigenvalue weighted by Crippen LogP contribution is -1.82. The third kappa shape index (κ3) is 2.56. The van der Waals surface area contributed by atoms with Crippen LogP contribution < -0.4 is 0 Å². The van der Waals surface area contributed by atoms with Crippen molar-refractivity contribution in [3.8, 4) is 11.1 Å². The molecule has 0 radical (unpaired) electrons. The smallest absolute Gasteiger partial charge is 0.285 e. The van der Waals surface area contributed by atoms with Crippen LogP contribution in [0, 0.1) is 0 Å². The molecule has 2 aromatic rings. The molecule has 1 N–H and O–H groups in total. The average molecular weight is 226 g/mol. The highest BCUT2D eigenvalue weighted by Gasteiger charge is 2.06. The van der Waals surface area contributed by atoms with E-state index in [0.717, 1.165) is 11.1 Å². The van der Waals surface area contributed by atoms with Crippen molar-refractivity contribution in [1.82, 2.24) is 10.2 Å². The summed E-state index contributed by atoms with van der Waals surface area (Å²) in [5, 5.41) is 6.49. The molecule has 0 aliphatic heterocycles. The number of thioether (sulfide) groups is 1. The maximum Gasteiger partial charge on any atom is 0.288 e. The van der Waals surface area contributed by atoms with E-state index in [-0.39, 0.29) is 0 Å². The number of alkyl halides is 2. The molecular formula is C10H8F2N2S. The Hall–Kier alpha value is -1.36. The van der Waals surface area contributed by atoms with Gasteiger partial charge in [0.15, 0.2) is 0 Å². The van der Waals surface area contributed by atoms with Gasteiger partial charge in [-0.1, -0.05) is 23.9 Å². The molecule has 0 atom stereocenters. The SMILES string of the molecule is FC(F)Sc1cccc(-c2cn[nH]c2)c1. The number of H-pyrrole nitrogens is 1. The fourth-order valence-corrected chi connectivity index (χ4v) is 1.82. The van der Waals surface area contributed by atoms with Crippen molar-refractivity contribution >= 4 is 11.8 Å². The third-order valence-corrected chi connectivity index (χ3v) is 2.60. The van der Waals surface area contributed by atoms with Gasteiger partial charge in [-0.15, -0.1) is 0 Å². The molecule has 5 heteroatoms. The normalized spacial score (nSPS) is 10.9. The number of nitrogens with zero attached hydrogens (tertiary/aromatic N) is 1. The van der Waals surface area contributed by atoms with Gasteiger partial charge >= 0.3 is 0 Å². The van der Waals surface area contributed by atoms with Crippen LogP contribution in [0.25, 0.3) is 11.1 Å². The standard InChI is InChI=1S/C10H8F2N2S/c11-10(12)15-9-3-1-2-7(4-9)8-5-13-14-6-8/h1-6,10H,(H,13,14). The second-order valence-corrected chi connectivity index (χ2v) is 3.96. The van der Waals surface area contributed by atoms with Crippen molar-refractivity contribution in [3.63, 3.8) is 0 Å². The molecule has 2 rings (SSSR count). The number of halogens is 2. The molecule has 0 amide bonds. The molecule has 78 valence electrons. The van der Waals surface area contributed by atoms with Crippen LogP contribution >= 0.6 is 11.8 Å². The van der Waals surface area contributed by atoms with Crippen molar-refractivity contribution < 1.29 is 8.78 Å². The Labute approximate surface area is 89.7 Å². The van der Waals surface area contributed by atoms with Crippen molar-refractivity contribution in [2.24, 2.45) is 0 Å². The Morgan fingerprint density at radius 2 is 2.13 bits per heavy atom.